The summed E-state index contributed by atoms with van der Waals surface area (Å²) in [5.41, 5.74) is 11.4. The summed E-state index contributed by atoms with van der Waals surface area (Å²) >= 11 is 4.95. The van der Waals surface area contributed by atoms with E-state index in [0.29, 0.717) is 20.6 Å². The van der Waals surface area contributed by atoms with Crippen LogP contribution in [0.15, 0.2) is 32.3 Å². The number of nitrogen functional groups attached to an aromatic ring is 1. The van der Waals surface area contributed by atoms with E-state index in [1.807, 2.05) is 0 Å². The maximum absolute atomic E-state index is 13.0. The number of rotatable bonds is 9. The van der Waals surface area contributed by atoms with Gasteiger partial charge in [0, 0.05) is 16.9 Å². The number of carboxylic acid groups (broad SMARTS) is 1. The standard InChI is InChI=1S/C19H17N9O6S4/c1-34-26-9(8-5-36-17(21)22-8)13(30)24-10-14(31)28-11(16(32)33)6(3-35-15(10)28)4-37-19-25-27-2-7(12(20)29)23-18(27)38-19/h2,5,10,15H,3-4H2,1H3,(H2,20,29)(H2,21,22)(H,24,30)(H,32,33)/b26-9-/t10-,15-/m1/s1. The number of thiazole rings is 1. The van der Waals surface area contributed by atoms with Crippen molar-refractivity contribution in [1.29, 1.82) is 0 Å². The second-order valence-corrected chi connectivity index (χ2v) is 11.9. The number of anilines is 1. The number of β-lactam (4-membered cyclic amide) rings is 1. The Morgan fingerprint density at radius 1 is 1.34 bits per heavy atom. The van der Waals surface area contributed by atoms with Crippen LogP contribution < -0.4 is 16.8 Å². The van der Waals surface area contributed by atoms with Crippen molar-refractivity contribution < 1.29 is 29.1 Å². The van der Waals surface area contributed by atoms with Gasteiger partial charge >= 0.3 is 5.97 Å². The first-order valence-electron chi connectivity index (χ1n) is 10.5. The van der Waals surface area contributed by atoms with Crippen molar-refractivity contribution in [3.8, 4) is 0 Å². The summed E-state index contributed by atoms with van der Waals surface area (Å²) in [5.74, 6) is -2.58. The Morgan fingerprint density at radius 2 is 2.13 bits per heavy atom. The molecule has 198 valence electrons. The number of nitrogens with one attached hydrogen (secondary N) is 1. The number of carbonyl (C=O) groups is 4. The number of nitrogens with zero attached hydrogens (tertiary/aromatic N) is 6. The van der Waals surface area contributed by atoms with Gasteiger partial charge in [-0.1, -0.05) is 28.3 Å². The summed E-state index contributed by atoms with van der Waals surface area (Å²) < 4.78 is 2.03. The van der Waals surface area contributed by atoms with Gasteiger partial charge in [0.2, 0.25) is 4.96 Å². The smallest absolute Gasteiger partial charge is 0.352 e. The number of aromatic nitrogens is 4. The quantitative estimate of drug-likeness (QED) is 0.109. The van der Waals surface area contributed by atoms with Gasteiger partial charge < -0.3 is 26.7 Å². The molecule has 6 N–H and O–H groups in total. The number of aliphatic carboxylic acids is 1. The molecule has 1 fully saturated rings. The van der Waals surface area contributed by atoms with Crippen LogP contribution in [-0.2, 0) is 19.2 Å². The summed E-state index contributed by atoms with van der Waals surface area (Å²) in [6, 6.07) is -0.958. The highest BCUT2D eigenvalue weighted by molar-refractivity contribution is 8.02. The number of imidazole rings is 1. The van der Waals surface area contributed by atoms with Crippen LogP contribution in [0.25, 0.3) is 4.96 Å². The summed E-state index contributed by atoms with van der Waals surface area (Å²) in [6.07, 6.45) is 1.42. The van der Waals surface area contributed by atoms with E-state index in [1.165, 1.54) is 63.0 Å². The molecule has 2 aliphatic heterocycles. The van der Waals surface area contributed by atoms with Crippen LogP contribution in [0.2, 0.25) is 0 Å². The molecule has 0 aromatic carbocycles. The first-order valence-corrected chi connectivity index (χ1v) is 14.2. The van der Waals surface area contributed by atoms with Gasteiger partial charge in [0.15, 0.2) is 15.2 Å². The molecule has 1 saturated heterocycles. The maximum atomic E-state index is 13.0. The molecule has 2 aliphatic rings. The van der Waals surface area contributed by atoms with Crippen molar-refractivity contribution in [1.82, 2.24) is 29.8 Å². The number of carboxylic acids is 1. The normalized spacial score (nSPS) is 19.3. The molecular formula is C19H17N9O6S4. The predicted octanol–water partition coefficient (Wildman–Crippen LogP) is -0.190. The van der Waals surface area contributed by atoms with Crippen molar-refractivity contribution in [2.45, 2.75) is 15.8 Å². The first kappa shape index (κ1) is 25.9. The Kier molecular flexibility index (Phi) is 6.99. The highest BCUT2D eigenvalue weighted by Crippen LogP contribution is 2.42. The van der Waals surface area contributed by atoms with Crippen molar-refractivity contribution in [3.05, 3.63) is 34.2 Å². The van der Waals surface area contributed by atoms with Gasteiger partial charge in [0.25, 0.3) is 17.7 Å². The van der Waals surface area contributed by atoms with Crippen molar-refractivity contribution in [3.63, 3.8) is 0 Å². The fraction of sp³-hybridized carbons (Fsp3) is 0.263. The van der Waals surface area contributed by atoms with E-state index < -0.39 is 35.1 Å². The molecule has 3 aromatic rings. The van der Waals surface area contributed by atoms with Gasteiger partial charge in [-0.25, -0.2) is 19.3 Å². The third-order valence-electron chi connectivity index (χ3n) is 5.35. The molecule has 3 aromatic heterocycles. The van der Waals surface area contributed by atoms with Gasteiger partial charge in [-0.3, -0.25) is 19.3 Å². The second kappa shape index (κ2) is 10.2. The lowest BCUT2D eigenvalue weighted by atomic mass is 10.0. The average Bonchev–Trinajstić information content (AvgIpc) is 3.58. The first-order chi connectivity index (χ1) is 18.2. The third-order valence-corrected chi connectivity index (χ3v) is 9.50. The van der Waals surface area contributed by atoms with Gasteiger partial charge in [0.05, 0.1) is 6.20 Å². The molecule has 0 radical (unpaired) electrons. The third kappa shape index (κ3) is 4.68. The van der Waals surface area contributed by atoms with Gasteiger partial charge in [-0.05, 0) is 5.57 Å². The van der Waals surface area contributed by atoms with Crippen LogP contribution in [0, 0.1) is 0 Å². The summed E-state index contributed by atoms with van der Waals surface area (Å²) in [6.45, 7) is 0. The van der Waals surface area contributed by atoms with E-state index in [9.17, 15) is 24.3 Å². The Hall–Kier alpha value is -3.68. The van der Waals surface area contributed by atoms with E-state index in [4.69, 9.17) is 16.3 Å². The van der Waals surface area contributed by atoms with Crippen LogP contribution in [0.4, 0.5) is 5.13 Å². The van der Waals surface area contributed by atoms with E-state index in [0.717, 1.165) is 11.3 Å². The van der Waals surface area contributed by atoms with Crippen LogP contribution >= 0.6 is 46.2 Å². The van der Waals surface area contributed by atoms with Crippen molar-refractivity contribution >= 4 is 85.7 Å². The lowest BCUT2D eigenvalue weighted by Gasteiger charge is -2.49. The zero-order chi connectivity index (χ0) is 27.1. The number of primary amides is 1. The topological polar surface area (TPSA) is 220 Å². The Labute approximate surface area is 229 Å². The lowest BCUT2D eigenvalue weighted by molar-refractivity contribution is -0.150. The summed E-state index contributed by atoms with van der Waals surface area (Å²) in [4.78, 5) is 63.8. The number of thioether (sulfide) groups is 2. The van der Waals surface area contributed by atoms with Crippen LogP contribution in [0.1, 0.15) is 16.2 Å². The molecule has 38 heavy (non-hydrogen) atoms. The SMILES string of the molecule is CO/N=C(\C(=O)N[C@@H]1C(=O)N2C(C(=O)O)=C(CSc3nn4cc(C(N)=O)nc4s3)CS[C@H]12)c1csc(N)n1. The number of nitrogens with two attached hydrogens (primary N) is 2. The number of amides is 3. The predicted molar refractivity (Wildman–Crippen MR) is 140 cm³/mol. The number of hydrogen-bond acceptors (Lipinski definition) is 14. The van der Waals surface area contributed by atoms with Crippen LogP contribution in [0.3, 0.4) is 0 Å². The largest absolute Gasteiger partial charge is 0.477 e. The monoisotopic (exact) mass is 595 g/mol. The van der Waals surface area contributed by atoms with Gasteiger partial charge in [-0.2, -0.15) is 0 Å². The number of fused-ring (bicyclic) bond motifs is 2. The Bertz CT molecular complexity index is 1510. The van der Waals surface area contributed by atoms with Crippen LogP contribution in [-0.4, -0.2) is 89.0 Å². The van der Waals surface area contributed by atoms with Crippen LogP contribution in [0.5, 0.6) is 0 Å². The number of oxime groups is 1. The summed E-state index contributed by atoms with van der Waals surface area (Å²) in [5, 5.41) is 21.7. The number of hydrogen-bond donors (Lipinski definition) is 4. The van der Waals surface area contributed by atoms with Crippen molar-refractivity contribution in [2.24, 2.45) is 10.9 Å². The minimum Gasteiger partial charge on any atom is -0.477 e. The fourth-order valence-corrected chi connectivity index (χ4v) is 7.66. The fourth-order valence-electron chi connectivity index (χ4n) is 3.70. The minimum atomic E-state index is -1.25. The molecule has 15 nitrogen and oxygen atoms in total. The maximum Gasteiger partial charge on any atom is 0.352 e. The zero-order valence-electron chi connectivity index (χ0n) is 19.2. The second-order valence-electron chi connectivity index (χ2n) is 7.69. The van der Waals surface area contributed by atoms with Crippen molar-refractivity contribution in [2.75, 3.05) is 24.3 Å². The van der Waals surface area contributed by atoms with Gasteiger partial charge in [0.1, 0.15) is 35.6 Å². The molecule has 5 heterocycles. The molecule has 3 amide bonds. The molecular weight excluding hydrogens is 579 g/mol. The molecule has 2 atom stereocenters. The summed E-state index contributed by atoms with van der Waals surface area (Å²) in [7, 11) is 1.27. The van der Waals surface area contributed by atoms with E-state index >= 15 is 0 Å². The Balaban J connectivity index is 1.29. The zero-order valence-corrected chi connectivity index (χ0v) is 22.4. The lowest BCUT2D eigenvalue weighted by Crippen LogP contribution is -2.71. The number of carbonyl (C=O) groups excluding carboxylic acids is 3. The molecule has 0 bridgehead atoms. The highest BCUT2D eigenvalue weighted by atomic mass is 32.2. The molecule has 5 rings (SSSR count). The van der Waals surface area contributed by atoms with Gasteiger partial charge in [-0.15, -0.1) is 28.2 Å². The minimum absolute atomic E-state index is 0.0974. The molecule has 0 saturated carbocycles. The van der Waals surface area contributed by atoms with E-state index in [2.05, 4.69) is 25.5 Å². The molecule has 0 unspecified atom stereocenters. The Morgan fingerprint density at radius 3 is 2.76 bits per heavy atom. The average molecular weight is 596 g/mol. The molecule has 0 aliphatic carbocycles. The van der Waals surface area contributed by atoms with E-state index in [1.54, 1.807) is 0 Å². The highest BCUT2D eigenvalue weighted by Gasteiger charge is 2.54. The molecule has 0 spiro atoms. The molecule has 19 heteroatoms. The van der Waals surface area contributed by atoms with E-state index in [-0.39, 0.29) is 33.7 Å².